The van der Waals surface area contributed by atoms with Gasteiger partial charge in [-0.1, -0.05) is 29.5 Å². The summed E-state index contributed by atoms with van der Waals surface area (Å²) in [5.74, 6) is 0.635. The number of hydrogen-bond donors (Lipinski definition) is 1. The maximum Gasteiger partial charge on any atom is 0.247 e. The van der Waals surface area contributed by atoms with Crippen LogP contribution in [0.15, 0.2) is 71.3 Å². The summed E-state index contributed by atoms with van der Waals surface area (Å²) in [5, 5.41) is 11.2. The molecule has 1 N–H and O–H groups in total. The van der Waals surface area contributed by atoms with E-state index < -0.39 is 6.04 Å². The zero-order valence-corrected chi connectivity index (χ0v) is 19.3. The number of amides is 2. The van der Waals surface area contributed by atoms with Crippen molar-refractivity contribution in [2.45, 2.75) is 39.0 Å². The number of hydrogen-bond acceptors (Lipinski definition) is 6. The summed E-state index contributed by atoms with van der Waals surface area (Å²) in [4.78, 5) is 28.7. The average molecular weight is 462 g/mol. The second-order valence-corrected chi connectivity index (χ2v) is 8.11. The molecule has 0 bridgehead atoms. The van der Waals surface area contributed by atoms with Crippen molar-refractivity contribution in [2.75, 3.05) is 7.11 Å². The van der Waals surface area contributed by atoms with Gasteiger partial charge >= 0.3 is 0 Å². The van der Waals surface area contributed by atoms with E-state index in [2.05, 4.69) is 15.6 Å². The molecule has 0 spiro atoms. The average Bonchev–Trinajstić information content (AvgIpc) is 3.51. The van der Waals surface area contributed by atoms with Gasteiger partial charge in [0, 0.05) is 6.04 Å². The normalized spacial score (nSPS) is 12.0. The molecule has 176 valence electrons. The summed E-state index contributed by atoms with van der Waals surface area (Å²) in [5.41, 5.74) is 2.09. The first-order valence-corrected chi connectivity index (χ1v) is 11.0. The minimum absolute atomic E-state index is 0.0510. The van der Waals surface area contributed by atoms with E-state index in [9.17, 15) is 9.59 Å². The third-order valence-corrected chi connectivity index (χ3v) is 5.50. The van der Waals surface area contributed by atoms with E-state index in [0.717, 1.165) is 5.52 Å². The van der Waals surface area contributed by atoms with Crippen LogP contribution in [0.3, 0.4) is 0 Å². The van der Waals surface area contributed by atoms with E-state index in [-0.39, 0.29) is 30.9 Å². The molecule has 0 saturated carbocycles. The van der Waals surface area contributed by atoms with E-state index in [0.29, 0.717) is 22.6 Å². The molecule has 34 heavy (non-hydrogen) atoms. The van der Waals surface area contributed by atoms with Crippen molar-refractivity contribution >= 4 is 22.8 Å². The first kappa shape index (κ1) is 23.0. The lowest BCUT2D eigenvalue weighted by atomic mass is 10.0. The SMILES string of the molecule is COc1cccc([C@H](C(=O)NCc2ccco2)N(C(=O)Cn2nnc3ccccc32)C(C)C)c1. The number of furan rings is 1. The van der Waals surface area contributed by atoms with Crippen molar-refractivity contribution in [3.8, 4) is 5.75 Å². The molecule has 2 amide bonds. The summed E-state index contributed by atoms with van der Waals surface area (Å²) in [6.07, 6.45) is 1.55. The molecule has 1 atom stereocenters. The number of nitrogens with zero attached hydrogens (tertiary/aromatic N) is 4. The zero-order chi connectivity index (χ0) is 24.1. The van der Waals surface area contributed by atoms with E-state index in [4.69, 9.17) is 9.15 Å². The number of benzene rings is 2. The summed E-state index contributed by atoms with van der Waals surface area (Å²) in [6, 6.07) is 17.0. The lowest BCUT2D eigenvalue weighted by Gasteiger charge is -2.34. The standard InChI is InChI=1S/C25H27N5O4/c1-17(2)30(23(31)16-29-22-12-5-4-11-21(22)27-28-29)24(18-8-6-9-19(14-18)33-3)25(32)26-15-20-10-7-13-34-20/h4-14,17,24H,15-16H2,1-3H3,(H,26,32)/t24-/m1/s1. The molecular formula is C25H27N5O4. The van der Waals surface area contributed by atoms with Gasteiger partial charge in [-0.05, 0) is 55.8 Å². The molecule has 9 heteroatoms. The monoisotopic (exact) mass is 461 g/mol. The van der Waals surface area contributed by atoms with Crippen LogP contribution in [0.1, 0.15) is 31.2 Å². The highest BCUT2D eigenvalue weighted by molar-refractivity contribution is 5.89. The first-order chi connectivity index (χ1) is 16.5. The molecule has 0 aliphatic rings. The van der Waals surface area contributed by atoms with Crippen LogP contribution in [0.2, 0.25) is 0 Å². The molecule has 0 unspecified atom stereocenters. The number of aromatic nitrogens is 3. The zero-order valence-electron chi connectivity index (χ0n) is 19.3. The van der Waals surface area contributed by atoms with Crippen LogP contribution in [-0.2, 0) is 22.7 Å². The first-order valence-electron chi connectivity index (χ1n) is 11.0. The number of methoxy groups -OCH3 is 1. The molecule has 4 rings (SSSR count). The van der Waals surface area contributed by atoms with Crippen molar-refractivity contribution < 1.29 is 18.7 Å². The summed E-state index contributed by atoms with van der Waals surface area (Å²) in [6.45, 7) is 3.92. The Balaban J connectivity index is 1.66. The van der Waals surface area contributed by atoms with Gasteiger partial charge in [-0.2, -0.15) is 0 Å². The van der Waals surface area contributed by atoms with E-state index in [1.807, 2.05) is 44.2 Å². The maximum absolute atomic E-state index is 13.6. The van der Waals surface area contributed by atoms with Gasteiger partial charge in [0.25, 0.3) is 0 Å². The fourth-order valence-corrected chi connectivity index (χ4v) is 3.91. The van der Waals surface area contributed by atoms with Crippen molar-refractivity contribution in [1.82, 2.24) is 25.2 Å². The number of para-hydroxylation sites is 1. The lowest BCUT2D eigenvalue weighted by Crippen LogP contribution is -2.48. The van der Waals surface area contributed by atoms with Crippen LogP contribution in [0, 0.1) is 0 Å². The number of rotatable bonds is 9. The Morgan fingerprint density at radius 2 is 1.94 bits per heavy atom. The molecule has 0 radical (unpaired) electrons. The molecule has 2 heterocycles. The van der Waals surface area contributed by atoms with Gasteiger partial charge in [-0.25, -0.2) is 4.68 Å². The third-order valence-electron chi connectivity index (χ3n) is 5.50. The van der Waals surface area contributed by atoms with Crippen LogP contribution in [-0.4, -0.2) is 44.9 Å². The number of ether oxygens (including phenoxy) is 1. The highest BCUT2D eigenvalue weighted by Crippen LogP contribution is 2.27. The number of carbonyl (C=O) groups excluding carboxylic acids is 2. The van der Waals surface area contributed by atoms with Crippen LogP contribution >= 0.6 is 0 Å². The van der Waals surface area contributed by atoms with Crippen molar-refractivity contribution in [3.63, 3.8) is 0 Å². The van der Waals surface area contributed by atoms with Crippen molar-refractivity contribution in [1.29, 1.82) is 0 Å². The van der Waals surface area contributed by atoms with E-state index >= 15 is 0 Å². The Labute approximate surface area is 197 Å². The maximum atomic E-state index is 13.6. The molecule has 2 aromatic heterocycles. The van der Waals surface area contributed by atoms with E-state index in [1.54, 1.807) is 53.3 Å². The van der Waals surface area contributed by atoms with Crippen molar-refractivity contribution in [3.05, 3.63) is 78.3 Å². The number of fused-ring (bicyclic) bond motifs is 1. The fourth-order valence-electron chi connectivity index (χ4n) is 3.91. The highest BCUT2D eigenvalue weighted by atomic mass is 16.5. The topological polar surface area (TPSA) is 102 Å². The van der Waals surface area contributed by atoms with Gasteiger partial charge in [0.15, 0.2) is 0 Å². The van der Waals surface area contributed by atoms with Crippen LogP contribution in [0.4, 0.5) is 0 Å². The van der Waals surface area contributed by atoms with Crippen molar-refractivity contribution in [2.24, 2.45) is 0 Å². The Kier molecular flexibility index (Phi) is 6.91. The molecule has 0 aliphatic carbocycles. The van der Waals surface area contributed by atoms with Gasteiger partial charge in [0.1, 0.15) is 29.6 Å². The fraction of sp³-hybridized carbons (Fsp3) is 0.280. The molecular weight excluding hydrogens is 434 g/mol. The summed E-state index contributed by atoms with van der Waals surface area (Å²) >= 11 is 0. The number of carbonyl (C=O) groups is 2. The van der Waals surface area contributed by atoms with Gasteiger partial charge in [-0.3, -0.25) is 9.59 Å². The van der Waals surface area contributed by atoms with Gasteiger partial charge in [-0.15, -0.1) is 5.10 Å². The van der Waals surface area contributed by atoms with Gasteiger partial charge in [0.2, 0.25) is 11.8 Å². The molecule has 0 aliphatic heterocycles. The minimum atomic E-state index is -0.882. The summed E-state index contributed by atoms with van der Waals surface area (Å²) < 4.78 is 12.3. The highest BCUT2D eigenvalue weighted by Gasteiger charge is 2.34. The number of nitrogens with one attached hydrogen (secondary N) is 1. The Bertz CT molecular complexity index is 1270. The minimum Gasteiger partial charge on any atom is -0.497 e. The molecule has 0 saturated heterocycles. The smallest absolute Gasteiger partial charge is 0.247 e. The van der Waals surface area contributed by atoms with Crippen LogP contribution < -0.4 is 10.1 Å². The Morgan fingerprint density at radius 3 is 2.68 bits per heavy atom. The third kappa shape index (κ3) is 4.93. The van der Waals surface area contributed by atoms with Crippen LogP contribution in [0.5, 0.6) is 5.75 Å². The quantitative estimate of drug-likeness (QED) is 0.410. The molecule has 4 aromatic rings. The van der Waals surface area contributed by atoms with Gasteiger partial charge in [0.05, 0.1) is 25.4 Å². The van der Waals surface area contributed by atoms with Crippen LogP contribution in [0.25, 0.3) is 11.0 Å². The molecule has 2 aromatic carbocycles. The van der Waals surface area contributed by atoms with Gasteiger partial charge < -0.3 is 19.4 Å². The largest absolute Gasteiger partial charge is 0.497 e. The Morgan fingerprint density at radius 1 is 1.12 bits per heavy atom. The second-order valence-electron chi connectivity index (χ2n) is 8.11. The lowest BCUT2D eigenvalue weighted by molar-refractivity contribution is -0.143. The molecule has 9 nitrogen and oxygen atoms in total. The predicted molar refractivity (Wildman–Crippen MR) is 126 cm³/mol. The predicted octanol–water partition coefficient (Wildman–Crippen LogP) is 3.33. The Hall–Kier alpha value is -4.14. The molecule has 0 fully saturated rings. The van der Waals surface area contributed by atoms with E-state index in [1.165, 1.54) is 0 Å². The summed E-state index contributed by atoms with van der Waals surface area (Å²) in [7, 11) is 1.56. The second kappa shape index (κ2) is 10.2.